The molecule has 1 aromatic rings. The lowest BCUT2D eigenvalue weighted by Crippen LogP contribution is -2.54. The summed E-state index contributed by atoms with van der Waals surface area (Å²) in [5.74, 6) is -1.14. The Balaban J connectivity index is 2.13. The van der Waals surface area contributed by atoms with Crippen molar-refractivity contribution in [1.29, 1.82) is 0 Å². The van der Waals surface area contributed by atoms with Gasteiger partial charge in [-0.25, -0.2) is 0 Å². The number of likely N-dealkylation sites (tertiary alicyclic amines) is 1. The highest BCUT2D eigenvalue weighted by atomic mass is 19.4. The third-order valence-corrected chi connectivity index (χ3v) is 3.88. The number of hydrogen-bond acceptors (Lipinski definition) is 3. The van der Waals surface area contributed by atoms with Crippen molar-refractivity contribution in [1.82, 2.24) is 4.90 Å². The van der Waals surface area contributed by atoms with E-state index < -0.39 is 23.2 Å². The van der Waals surface area contributed by atoms with E-state index in [9.17, 15) is 23.1 Å². The second kappa shape index (κ2) is 5.09. The molecule has 1 saturated heterocycles. The van der Waals surface area contributed by atoms with E-state index in [1.165, 1.54) is 12.1 Å². The van der Waals surface area contributed by atoms with Crippen LogP contribution in [-0.4, -0.2) is 23.0 Å². The third-order valence-electron chi connectivity index (χ3n) is 3.88. The maximum absolute atomic E-state index is 12.5. The van der Waals surface area contributed by atoms with Crippen molar-refractivity contribution in [3.8, 4) is 0 Å². The monoisotopic (exact) mass is 286 g/mol. The van der Waals surface area contributed by atoms with Gasteiger partial charge in [0.25, 0.3) is 0 Å². The predicted molar refractivity (Wildman–Crippen MR) is 64.5 cm³/mol. The van der Waals surface area contributed by atoms with Gasteiger partial charge < -0.3 is 9.90 Å². The molecule has 0 radical (unpaired) electrons. The lowest BCUT2D eigenvalue weighted by Gasteiger charge is -2.36. The zero-order valence-electron chi connectivity index (χ0n) is 11.0. The number of halogens is 3. The SMILES string of the molecule is C[C@]1(C(=O)[O-])CCCN1Cc1ccc(C(F)(F)F)cc1. The van der Waals surface area contributed by atoms with Crippen LogP contribution in [-0.2, 0) is 17.5 Å². The summed E-state index contributed by atoms with van der Waals surface area (Å²) < 4.78 is 37.4. The van der Waals surface area contributed by atoms with E-state index in [0.717, 1.165) is 18.6 Å². The average molecular weight is 286 g/mol. The van der Waals surface area contributed by atoms with E-state index in [2.05, 4.69) is 0 Å². The highest BCUT2D eigenvalue weighted by Gasteiger charge is 2.37. The fourth-order valence-corrected chi connectivity index (χ4v) is 2.52. The van der Waals surface area contributed by atoms with Crippen LogP contribution in [0.25, 0.3) is 0 Å². The first-order valence-corrected chi connectivity index (χ1v) is 6.36. The van der Waals surface area contributed by atoms with Gasteiger partial charge in [0, 0.05) is 6.54 Å². The summed E-state index contributed by atoms with van der Waals surface area (Å²) >= 11 is 0. The predicted octanol–water partition coefficient (Wildman–Crippen LogP) is 1.81. The third kappa shape index (κ3) is 2.80. The van der Waals surface area contributed by atoms with E-state index >= 15 is 0 Å². The summed E-state index contributed by atoms with van der Waals surface area (Å²) in [6.07, 6.45) is -3.12. The Bertz CT molecular complexity index is 498. The topological polar surface area (TPSA) is 43.4 Å². The molecule has 0 aliphatic carbocycles. The molecule has 3 nitrogen and oxygen atoms in total. The molecule has 20 heavy (non-hydrogen) atoms. The Morgan fingerprint density at radius 1 is 1.35 bits per heavy atom. The summed E-state index contributed by atoms with van der Waals surface area (Å²) in [5, 5.41) is 11.2. The molecule has 1 aliphatic heterocycles. The van der Waals surface area contributed by atoms with Gasteiger partial charge in [0.15, 0.2) is 0 Å². The van der Waals surface area contributed by atoms with E-state index in [4.69, 9.17) is 0 Å². The van der Waals surface area contributed by atoms with Crippen LogP contribution in [0.1, 0.15) is 30.9 Å². The Morgan fingerprint density at radius 3 is 2.45 bits per heavy atom. The quantitative estimate of drug-likeness (QED) is 0.851. The molecule has 1 aliphatic rings. The molecule has 2 rings (SSSR count). The number of carbonyl (C=O) groups excluding carboxylic acids is 1. The van der Waals surface area contributed by atoms with Gasteiger partial charge in [0.2, 0.25) is 0 Å². The minimum atomic E-state index is -4.36. The maximum atomic E-state index is 12.5. The highest BCUT2D eigenvalue weighted by Crippen LogP contribution is 2.32. The number of alkyl halides is 3. The number of nitrogens with zero attached hydrogens (tertiary/aromatic N) is 1. The van der Waals surface area contributed by atoms with Crippen molar-refractivity contribution in [2.45, 2.75) is 38.0 Å². The van der Waals surface area contributed by atoms with Crippen LogP contribution in [0.3, 0.4) is 0 Å². The van der Waals surface area contributed by atoms with Crippen LogP contribution >= 0.6 is 0 Å². The number of carboxylic acid groups (broad SMARTS) is 1. The van der Waals surface area contributed by atoms with Crippen molar-refractivity contribution in [2.75, 3.05) is 6.54 Å². The second-order valence-corrected chi connectivity index (χ2v) is 5.28. The summed E-state index contributed by atoms with van der Waals surface area (Å²) in [6, 6.07) is 4.80. The average Bonchev–Trinajstić information content (AvgIpc) is 2.72. The summed E-state index contributed by atoms with van der Waals surface area (Å²) in [4.78, 5) is 12.9. The summed E-state index contributed by atoms with van der Waals surface area (Å²) in [6.45, 7) is 2.51. The molecular weight excluding hydrogens is 271 g/mol. The standard InChI is InChI=1S/C14H16F3NO2/c1-13(12(19)20)7-2-8-18(13)9-10-3-5-11(6-4-10)14(15,16)17/h3-6H,2,7-9H2,1H3,(H,19,20)/p-1/t13-/m1/s1. The fourth-order valence-electron chi connectivity index (χ4n) is 2.52. The minimum absolute atomic E-state index is 0.308. The summed E-state index contributed by atoms with van der Waals surface area (Å²) in [5.41, 5.74) is -1.08. The van der Waals surface area contributed by atoms with Crippen molar-refractivity contribution in [3.63, 3.8) is 0 Å². The van der Waals surface area contributed by atoms with Crippen LogP contribution in [0, 0.1) is 0 Å². The molecule has 6 heteroatoms. The smallest absolute Gasteiger partial charge is 0.416 e. The van der Waals surface area contributed by atoms with Gasteiger partial charge >= 0.3 is 6.18 Å². The Kier molecular flexibility index (Phi) is 3.77. The van der Waals surface area contributed by atoms with Crippen LogP contribution in [0.15, 0.2) is 24.3 Å². The number of aliphatic carboxylic acids is 1. The van der Waals surface area contributed by atoms with E-state index in [0.29, 0.717) is 25.1 Å². The van der Waals surface area contributed by atoms with Crippen LogP contribution in [0.4, 0.5) is 13.2 Å². The molecule has 1 aromatic carbocycles. The molecule has 1 atom stereocenters. The molecule has 0 spiro atoms. The van der Waals surface area contributed by atoms with Crippen LogP contribution in [0.2, 0.25) is 0 Å². The molecule has 1 heterocycles. The van der Waals surface area contributed by atoms with Crippen LogP contribution in [0.5, 0.6) is 0 Å². The first-order chi connectivity index (χ1) is 9.23. The van der Waals surface area contributed by atoms with Crippen molar-refractivity contribution < 1.29 is 23.1 Å². The first kappa shape index (κ1) is 14.8. The Morgan fingerprint density at radius 2 is 1.95 bits per heavy atom. The number of carboxylic acids is 1. The molecule has 1 fully saturated rings. The van der Waals surface area contributed by atoms with Gasteiger partial charge in [-0.15, -0.1) is 0 Å². The molecule has 0 unspecified atom stereocenters. The number of hydrogen-bond donors (Lipinski definition) is 0. The van der Waals surface area contributed by atoms with Gasteiger partial charge in [-0.1, -0.05) is 12.1 Å². The van der Waals surface area contributed by atoms with E-state index in [1.807, 2.05) is 0 Å². The second-order valence-electron chi connectivity index (χ2n) is 5.28. The maximum Gasteiger partial charge on any atom is 0.416 e. The zero-order valence-corrected chi connectivity index (χ0v) is 11.0. The number of carbonyl (C=O) groups is 1. The minimum Gasteiger partial charge on any atom is -0.548 e. The lowest BCUT2D eigenvalue weighted by atomic mass is 9.98. The highest BCUT2D eigenvalue weighted by molar-refractivity contribution is 5.76. The van der Waals surface area contributed by atoms with Crippen molar-refractivity contribution in [3.05, 3.63) is 35.4 Å². The Labute approximate surface area is 115 Å². The van der Waals surface area contributed by atoms with E-state index in [-0.39, 0.29) is 0 Å². The van der Waals surface area contributed by atoms with Gasteiger partial charge in [-0.2, -0.15) is 13.2 Å². The zero-order chi connectivity index (χ0) is 15.0. The van der Waals surface area contributed by atoms with Gasteiger partial charge in [-0.05, 0) is 44.0 Å². The first-order valence-electron chi connectivity index (χ1n) is 6.36. The fraction of sp³-hybridized carbons (Fsp3) is 0.500. The molecular formula is C14H15F3NO2-. The lowest BCUT2D eigenvalue weighted by molar-refractivity contribution is -0.317. The largest absolute Gasteiger partial charge is 0.548 e. The number of rotatable bonds is 3. The van der Waals surface area contributed by atoms with Gasteiger partial charge in [-0.3, -0.25) is 4.90 Å². The van der Waals surface area contributed by atoms with Crippen molar-refractivity contribution >= 4 is 5.97 Å². The van der Waals surface area contributed by atoms with Crippen LogP contribution < -0.4 is 5.11 Å². The molecule has 110 valence electrons. The van der Waals surface area contributed by atoms with Gasteiger partial charge in [0.1, 0.15) is 0 Å². The molecule has 0 amide bonds. The molecule has 0 N–H and O–H groups in total. The number of benzene rings is 1. The van der Waals surface area contributed by atoms with Gasteiger partial charge in [0.05, 0.1) is 17.1 Å². The normalized spacial score (nSPS) is 24.0. The molecule has 0 bridgehead atoms. The Hall–Kier alpha value is -1.56. The molecule has 0 aromatic heterocycles. The van der Waals surface area contributed by atoms with Crippen molar-refractivity contribution in [2.24, 2.45) is 0 Å². The molecule has 0 saturated carbocycles. The van der Waals surface area contributed by atoms with E-state index in [1.54, 1.807) is 11.8 Å². The summed E-state index contributed by atoms with van der Waals surface area (Å²) in [7, 11) is 0.